The Hall–Kier alpha value is -3.56. The molecule has 9 heteroatoms. The molecular weight excluding hydrogens is 562 g/mol. The van der Waals surface area contributed by atoms with Crippen LogP contribution in [0, 0.1) is 11.8 Å². The number of hydrogen-bond acceptors (Lipinski definition) is 6. The van der Waals surface area contributed by atoms with Crippen molar-refractivity contribution < 1.29 is 24.2 Å². The van der Waals surface area contributed by atoms with Crippen LogP contribution in [0.25, 0.3) is 0 Å². The number of fused-ring (bicyclic) bond motifs is 1. The van der Waals surface area contributed by atoms with Crippen LogP contribution >= 0.6 is 11.8 Å². The van der Waals surface area contributed by atoms with E-state index >= 15 is 0 Å². The minimum absolute atomic E-state index is 0.0648. The van der Waals surface area contributed by atoms with Gasteiger partial charge < -0.3 is 24.5 Å². The lowest BCUT2D eigenvalue weighted by atomic mass is 9.70. The van der Waals surface area contributed by atoms with Gasteiger partial charge in [0, 0.05) is 30.6 Å². The number of benzene rings is 2. The average Bonchev–Trinajstić information content (AvgIpc) is 3.68. The standard InChI is InChI=1S/C34H41N3O5S/c1-5-19-35(21-23-11-9-8-10-12-23)31(39)28-27-17-18-34(43-27)29(28)32(40)37(24(7-3)22-38)30(34)33(41)36(20-6-2)25-13-15-26(42-4)16-14-25/h5-6,8-16,24,27-30,38H,1-2,7,17-22H2,3-4H3/t24-,27+,28-,29-,30?,34?/m0/s1. The normalized spacial score (nSPS) is 26.1. The van der Waals surface area contributed by atoms with E-state index in [0.717, 1.165) is 12.0 Å². The molecule has 3 saturated heterocycles. The summed E-state index contributed by atoms with van der Waals surface area (Å²) in [5, 5.41) is 10.3. The van der Waals surface area contributed by atoms with Gasteiger partial charge in [-0.25, -0.2) is 0 Å². The zero-order valence-corrected chi connectivity index (χ0v) is 25.7. The Balaban J connectivity index is 1.54. The van der Waals surface area contributed by atoms with Gasteiger partial charge in [0.25, 0.3) is 5.91 Å². The molecule has 3 aliphatic heterocycles. The van der Waals surface area contributed by atoms with E-state index in [-0.39, 0.29) is 36.1 Å². The van der Waals surface area contributed by atoms with Crippen LogP contribution in [0.3, 0.4) is 0 Å². The van der Waals surface area contributed by atoms with Gasteiger partial charge in [-0.15, -0.1) is 24.9 Å². The number of rotatable bonds is 13. The number of aliphatic hydroxyl groups is 1. The highest BCUT2D eigenvalue weighted by Crippen LogP contribution is 2.67. The minimum atomic E-state index is -0.820. The molecule has 6 atom stereocenters. The maximum atomic E-state index is 14.7. The Morgan fingerprint density at radius 1 is 1.12 bits per heavy atom. The number of carbonyl (C=O) groups excluding carboxylic acids is 3. The molecule has 2 aromatic carbocycles. The molecule has 2 unspecified atom stereocenters. The molecule has 5 rings (SSSR count). The minimum Gasteiger partial charge on any atom is -0.497 e. The van der Waals surface area contributed by atoms with Crippen LogP contribution in [-0.4, -0.2) is 81.5 Å². The van der Waals surface area contributed by atoms with Gasteiger partial charge in [0.2, 0.25) is 11.8 Å². The summed E-state index contributed by atoms with van der Waals surface area (Å²) in [5.41, 5.74) is 1.67. The van der Waals surface area contributed by atoms with Crippen molar-refractivity contribution in [2.75, 3.05) is 31.7 Å². The number of methoxy groups -OCH3 is 1. The molecule has 0 saturated carbocycles. The fourth-order valence-electron chi connectivity index (χ4n) is 7.22. The Kier molecular flexibility index (Phi) is 9.32. The number of nitrogens with zero attached hydrogens (tertiary/aromatic N) is 3. The van der Waals surface area contributed by atoms with Crippen molar-refractivity contribution in [2.45, 2.75) is 54.8 Å². The van der Waals surface area contributed by atoms with E-state index in [4.69, 9.17) is 4.74 Å². The van der Waals surface area contributed by atoms with Gasteiger partial charge in [-0.05, 0) is 49.1 Å². The molecule has 1 N–H and O–H groups in total. The molecule has 3 amide bonds. The van der Waals surface area contributed by atoms with Crippen molar-refractivity contribution in [3.05, 3.63) is 85.5 Å². The van der Waals surface area contributed by atoms with Gasteiger partial charge in [-0.1, -0.05) is 49.4 Å². The number of amides is 3. The van der Waals surface area contributed by atoms with E-state index in [1.54, 1.807) is 57.9 Å². The first-order chi connectivity index (χ1) is 20.8. The van der Waals surface area contributed by atoms with Crippen LogP contribution in [0.5, 0.6) is 5.75 Å². The smallest absolute Gasteiger partial charge is 0.251 e. The first-order valence-corrected chi connectivity index (χ1v) is 15.8. The van der Waals surface area contributed by atoms with Crippen molar-refractivity contribution in [1.82, 2.24) is 9.80 Å². The summed E-state index contributed by atoms with van der Waals surface area (Å²) in [7, 11) is 1.59. The number of ether oxygens (including phenoxy) is 1. The topological polar surface area (TPSA) is 90.4 Å². The van der Waals surface area contributed by atoms with Crippen LogP contribution < -0.4 is 9.64 Å². The second kappa shape index (κ2) is 13.0. The molecule has 8 nitrogen and oxygen atoms in total. The lowest BCUT2D eigenvalue weighted by molar-refractivity contribution is -0.145. The summed E-state index contributed by atoms with van der Waals surface area (Å²) >= 11 is 1.64. The van der Waals surface area contributed by atoms with Crippen LogP contribution in [0.1, 0.15) is 31.7 Å². The number of likely N-dealkylation sites (tertiary alicyclic amines) is 1. The molecule has 3 heterocycles. The summed E-state index contributed by atoms with van der Waals surface area (Å²) in [6.45, 7) is 10.4. The van der Waals surface area contributed by atoms with Crippen molar-refractivity contribution in [2.24, 2.45) is 11.8 Å². The molecule has 43 heavy (non-hydrogen) atoms. The fraction of sp³-hybridized carbons (Fsp3) is 0.441. The van der Waals surface area contributed by atoms with Gasteiger partial charge >= 0.3 is 0 Å². The molecule has 228 valence electrons. The lowest BCUT2D eigenvalue weighted by Gasteiger charge is -2.39. The largest absolute Gasteiger partial charge is 0.497 e. The van der Waals surface area contributed by atoms with E-state index in [1.807, 2.05) is 49.4 Å². The van der Waals surface area contributed by atoms with Crippen molar-refractivity contribution in [1.29, 1.82) is 0 Å². The monoisotopic (exact) mass is 603 g/mol. The molecule has 1 spiro atoms. The molecule has 2 aromatic rings. The highest BCUT2D eigenvalue weighted by molar-refractivity contribution is 8.02. The Labute approximate surface area is 258 Å². The number of anilines is 1. The zero-order valence-electron chi connectivity index (χ0n) is 24.9. The third-order valence-corrected chi connectivity index (χ3v) is 11.1. The molecular formula is C34H41N3O5S. The summed E-state index contributed by atoms with van der Waals surface area (Å²) < 4.78 is 4.55. The van der Waals surface area contributed by atoms with Crippen LogP contribution in [0.15, 0.2) is 79.9 Å². The quantitative estimate of drug-likeness (QED) is 0.344. The highest BCUT2D eigenvalue weighted by atomic mass is 32.2. The lowest BCUT2D eigenvalue weighted by Crippen LogP contribution is -2.57. The maximum absolute atomic E-state index is 14.7. The average molecular weight is 604 g/mol. The molecule has 0 aliphatic carbocycles. The van der Waals surface area contributed by atoms with Crippen LogP contribution in [-0.2, 0) is 20.9 Å². The van der Waals surface area contributed by atoms with E-state index in [9.17, 15) is 19.5 Å². The number of hydrogen-bond donors (Lipinski definition) is 1. The molecule has 3 fully saturated rings. The second-order valence-electron chi connectivity index (χ2n) is 11.5. The van der Waals surface area contributed by atoms with Crippen LogP contribution in [0.2, 0.25) is 0 Å². The van der Waals surface area contributed by atoms with Gasteiger partial charge in [0.15, 0.2) is 0 Å². The Bertz CT molecular complexity index is 1350. The number of aliphatic hydroxyl groups excluding tert-OH is 1. The summed E-state index contributed by atoms with van der Waals surface area (Å²) in [6.07, 6.45) is 5.27. The van der Waals surface area contributed by atoms with E-state index in [0.29, 0.717) is 37.4 Å². The van der Waals surface area contributed by atoms with Gasteiger partial charge in [-0.3, -0.25) is 14.4 Å². The van der Waals surface area contributed by atoms with E-state index < -0.39 is 28.7 Å². The van der Waals surface area contributed by atoms with Crippen LogP contribution in [0.4, 0.5) is 5.69 Å². The SMILES string of the molecule is C=CCN(Cc1ccccc1)C(=O)[C@@H]1[C@H]2C(=O)N([C@@H](CC)CO)C(C(=O)N(CC=C)c3ccc(OC)cc3)C23CC[C@H]1S3. The Morgan fingerprint density at radius 2 is 1.81 bits per heavy atom. The summed E-state index contributed by atoms with van der Waals surface area (Å²) in [4.78, 5) is 48.6. The number of carbonyl (C=O) groups is 3. The maximum Gasteiger partial charge on any atom is 0.251 e. The fourth-order valence-corrected chi connectivity index (χ4v) is 9.42. The second-order valence-corrected chi connectivity index (χ2v) is 13.1. The predicted octanol–water partition coefficient (Wildman–Crippen LogP) is 4.29. The first kappa shape index (κ1) is 30.9. The van der Waals surface area contributed by atoms with Crippen molar-refractivity contribution in [3.63, 3.8) is 0 Å². The van der Waals surface area contributed by atoms with Crippen molar-refractivity contribution >= 4 is 35.2 Å². The third kappa shape index (κ3) is 5.38. The highest BCUT2D eigenvalue weighted by Gasteiger charge is 2.74. The Morgan fingerprint density at radius 3 is 2.42 bits per heavy atom. The molecule has 3 aliphatic rings. The van der Waals surface area contributed by atoms with E-state index in [1.165, 1.54) is 0 Å². The molecule has 0 radical (unpaired) electrons. The van der Waals surface area contributed by atoms with Gasteiger partial charge in [-0.2, -0.15) is 0 Å². The van der Waals surface area contributed by atoms with Gasteiger partial charge in [0.1, 0.15) is 11.8 Å². The molecule has 0 aromatic heterocycles. The zero-order chi connectivity index (χ0) is 30.7. The first-order valence-electron chi connectivity index (χ1n) is 15.0. The van der Waals surface area contributed by atoms with E-state index in [2.05, 4.69) is 13.2 Å². The third-order valence-electron chi connectivity index (χ3n) is 9.17. The van der Waals surface area contributed by atoms with Crippen molar-refractivity contribution in [3.8, 4) is 5.75 Å². The number of thioether (sulfide) groups is 1. The molecule has 2 bridgehead atoms. The van der Waals surface area contributed by atoms with Gasteiger partial charge in [0.05, 0.1) is 36.3 Å². The summed E-state index contributed by atoms with van der Waals surface area (Å²) in [6, 6.07) is 15.7. The predicted molar refractivity (Wildman–Crippen MR) is 170 cm³/mol. The summed E-state index contributed by atoms with van der Waals surface area (Å²) in [5.74, 6) is -1.05.